The van der Waals surface area contributed by atoms with Crippen LogP contribution in [0.1, 0.15) is 12.5 Å². The number of alkyl halides is 1. The highest BCUT2D eigenvalue weighted by molar-refractivity contribution is 8.44. The van der Waals surface area contributed by atoms with Gasteiger partial charge in [0.15, 0.2) is 35.7 Å². The second kappa shape index (κ2) is 11.5. The number of nitrogens with two attached hydrogens (primary N) is 2. The number of anilines is 2. The van der Waals surface area contributed by atoms with E-state index in [-0.39, 0.29) is 33.1 Å². The number of rotatable bonds is 2. The quantitative estimate of drug-likeness (QED) is 0.139. The fourth-order valence-electron chi connectivity index (χ4n) is 5.21. The van der Waals surface area contributed by atoms with Gasteiger partial charge in [-0.2, -0.15) is 0 Å². The minimum atomic E-state index is -4.41. The van der Waals surface area contributed by atoms with E-state index in [9.17, 15) is 19.4 Å². The zero-order chi connectivity index (χ0) is 31.8. The summed E-state index contributed by atoms with van der Waals surface area (Å²) in [6.07, 6.45) is -8.90. The number of hydrogen-bond donors (Lipinski definition) is 5. The summed E-state index contributed by atoms with van der Waals surface area (Å²) in [6, 6.07) is 0. The van der Waals surface area contributed by atoms with E-state index in [1.165, 1.54) is 10.9 Å². The molecule has 0 amide bonds. The van der Waals surface area contributed by atoms with Crippen LogP contribution in [0.15, 0.2) is 23.8 Å². The first-order valence-electron chi connectivity index (χ1n) is 12.8. The number of fused-ring (bicyclic) bond motifs is 5. The number of aliphatic hydroxyl groups excluding tert-OH is 1. The van der Waals surface area contributed by atoms with Crippen LogP contribution in [0.3, 0.4) is 0 Å². The monoisotopic (exact) mass is 725 g/mol. The second-order valence-corrected chi connectivity index (χ2v) is 16.6. The maximum absolute atomic E-state index is 16.0. The van der Waals surface area contributed by atoms with Gasteiger partial charge in [-0.05, 0) is 11.8 Å². The first kappa shape index (κ1) is 31.4. The highest BCUT2D eigenvalue weighted by Crippen LogP contribution is 2.58. The van der Waals surface area contributed by atoms with E-state index < -0.39 is 80.8 Å². The summed E-state index contributed by atoms with van der Waals surface area (Å²) in [5.74, 6) is 0.0736. The zero-order valence-corrected chi connectivity index (χ0v) is 26.6. The van der Waals surface area contributed by atoms with Crippen molar-refractivity contribution in [2.75, 3.05) is 24.7 Å². The topological polar surface area (TPSA) is 256 Å². The van der Waals surface area contributed by atoms with E-state index in [1.807, 2.05) is 0 Å². The minimum Gasteiger partial charge on any atom is -0.387 e. The first-order valence-corrected chi connectivity index (χ1v) is 18.9. The molecule has 6 N–H and O–H groups in total. The van der Waals surface area contributed by atoms with E-state index in [0.717, 1.165) is 17.2 Å². The Bertz CT molecular complexity index is 1950. The van der Waals surface area contributed by atoms with E-state index >= 15 is 4.39 Å². The number of hydrogen-bond acceptors (Lipinski definition) is 18. The summed E-state index contributed by atoms with van der Waals surface area (Å²) >= 11 is 9.93. The predicted molar refractivity (Wildman–Crippen MR) is 159 cm³/mol. The van der Waals surface area contributed by atoms with Crippen molar-refractivity contribution in [3.63, 3.8) is 0 Å². The van der Waals surface area contributed by atoms with Gasteiger partial charge in [-0.15, -0.1) is 0 Å². The lowest BCUT2D eigenvalue weighted by molar-refractivity contribution is -0.0591. The van der Waals surface area contributed by atoms with Crippen LogP contribution in [0.4, 0.5) is 16.0 Å². The average Bonchev–Trinajstić information content (AvgIpc) is 3.71. The SMILES string of the molecule is Nc1ncnc2c1ncn2[C@@H]1O[C@@H]2COP(O)(=S)O[C@@H]3[C@H](O)[C@@H](COP(=O)(S)O[C@H]2[C@H]1F)O[C@H]3n1c(=O)sc2c(N)ncnc21. The Hall–Kier alpha value is -2.24. The number of halogens is 1. The van der Waals surface area contributed by atoms with Gasteiger partial charge in [0.05, 0.1) is 19.5 Å². The molecule has 45 heavy (non-hydrogen) atoms. The summed E-state index contributed by atoms with van der Waals surface area (Å²) < 4.78 is 65.8. The Morgan fingerprint density at radius 3 is 2.47 bits per heavy atom. The lowest BCUT2D eigenvalue weighted by atomic mass is 10.1. The van der Waals surface area contributed by atoms with Crippen LogP contribution < -0.4 is 16.3 Å². The molecule has 0 aliphatic carbocycles. The van der Waals surface area contributed by atoms with Crippen LogP contribution in [-0.2, 0) is 43.9 Å². The normalized spacial score (nSPS) is 37.7. The summed E-state index contributed by atoms with van der Waals surface area (Å²) in [5, 5.41) is 11.1. The molecule has 7 rings (SSSR count). The van der Waals surface area contributed by atoms with Crippen LogP contribution >= 0.6 is 37.1 Å². The Labute approximate surface area is 264 Å². The number of nitrogens with zero attached hydrogens (tertiary/aromatic N) is 7. The fraction of sp³-hybridized carbons (Fsp3) is 0.500. The molecule has 3 aliphatic rings. The van der Waals surface area contributed by atoms with Crippen molar-refractivity contribution in [1.82, 2.24) is 34.1 Å². The number of nitrogen functional groups attached to an aromatic ring is 2. The van der Waals surface area contributed by atoms with Gasteiger partial charge in [-0.25, -0.2) is 33.9 Å². The largest absolute Gasteiger partial charge is 0.387 e. The number of imidazole rings is 1. The van der Waals surface area contributed by atoms with E-state index in [1.54, 1.807) is 0 Å². The number of ether oxygens (including phenoxy) is 2. The lowest BCUT2D eigenvalue weighted by Gasteiger charge is -2.27. The third kappa shape index (κ3) is 5.58. The minimum absolute atomic E-state index is 0.0258. The van der Waals surface area contributed by atoms with Crippen LogP contribution in [0.2, 0.25) is 0 Å². The van der Waals surface area contributed by atoms with Gasteiger partial charge in [0.2, 0.25) is 0 Å². The lowest BCUT2D eigenvalue weighted by Crippen LogP contribution is -2.36. The zero-order valence-electron chi connectivity index (χ0n) is 22.2. The van der Waals surface area contributed by atoms with Gasteiger partial charge in [-0.3, -0.25) is 27.5 Å². The summed E-state index contributed by atoms with van der Waals surface area (Å²) in [4.78, 5) is 43.5. The van der Waals surface area contributed by atoms with Crippen molar-refractivity contribution in [3.05, 3.63) is 28.6 Å². The van der Waals surface area contributed by atoms with Gasteiger partial charge in [0, 0.05) is 0 Å². The Balaban J connectivity index is 1.22. The molecule has 0 radical (unpaired) electrons. The van der Waals surface area contributed by atoms with Crippen molar-refractivity contribution in [2.45, 2.75) is 49.1 Å². The maximum atomic E-state index is 16.0. The molecule has 4 aromatic heterocycles. The molecule has 3 saturated heterocycles. The van der Waals surface area contributed by atoms with Crippen molar-refractivity contribution in [1.29, 1.82) is 0 Å². The van der Waals surface area contributed by atoms with Crippen LogP contribution in [0.5, 0.6) is 0 Å². The predicted octanol–water partition coefficient (Wildman–Crippen LogP) is 0.423. The standard InChI is InChI=1S/C20H22FN9O10P2S3/c21-8-11-7(38-18(8)29-5-28-9-14(22)24-3-26-16(9)29)2-36-42(34,44)40-12-10(31)6(1-35-41(33,43)39-11)37-19(12)30-17-13(45-20(30)32)15(23)25-4-27-17/h3-8,10-12,18-19,31H,1-2H2,(H,33,43)(H,34,44)(H2,22,24,26)(H2,23,25,27)/t6-,7-,8-,10-,11-,12-,18-,19-,41?,42?/m1/s1. The molecule has 242 valence electrons. The molecule has 0 aromatic carbocycles. The Morgan fingerprint density at radius 1 is 1.00 bits per heavy atom. The number of thiazole rings is 1. The summed E-state index contributed by atoms with van der Waals surface area (Å²) in [7, 11) is 0. The molecular formula is C20H22FN9O10P2S3. The van der Waals surface area contributed by atoms with Crippen molar-refractivity contribution >= 4 is 82.1 Å². The maximum Gasteiger partial charge on any atom is 0.386 e. The van der Waals surface area contributed by atoms with Crippen molar-refractivity contribution in [3.8, 4) is 0 Å². The van der Waals surface area contributed by atoms with Gasteiger partial charge in [0.25, 0.3) is 0 Å². The molecule has 2 bridgehead atoms. The molecule has 7 heterocycles. The number of thiol groups is 1. The summed E-state index contributed by atoms with van der Waals surface area (Å²) in [5.41, 5.74) is 12.1. The molecule has 3 fully saturated rings. The molecule has 25 heteroatoms. The molecular weight excluding hydrogens is 703 g/mol. The smallest absolute Gasteiger partial charge is 0.386 e. The molecule has 0 saturated carbocycles. The summed E-state index contributed by atoms with van der Waals surface area (Å²) in [6.45, 7) is -10.00. The molecule has 3 aliphatic heterocycles. The fourth-order valence-corrected chi connectivity index (χ4v) is 8.97. The van der Waals surface area contributed by atoms with E-state index in [2.05, 4.69) is 37.2 Å². The third-order valence-electron chi connectivity index (χ3n) is 7.24. The Kier molecular flexibility index (Phi) is 8.00. The van der Waals surface area contributed by atoms with Gasteiger partial charge in [0.1, 0.15) is 59.2 Å². The first-order chi connectivity index (χ1) is 21.3. The van der Waals surface area contributed by atoms with Crippen LogP contribution in [0, 0.1) is 0 Å². The van der Waals surface area contributed by atoms with Gasteiger partial charge in [-0.1, -0.05) is 23.6 Å². The Morgan fingerprint density at radius 2 is 1.69 bits per heavy atom. The third-order valence-corrected chi connectivity index (χ3v) is 11.4. The highest BCUT2D eigenvalue weighted by atomic mass is 32.7. The molecule has 19 nitrogen and oxygen atoms in total. The van der Waals surface area contributed by atoms with Crippen LogP contribution in [-0.4, -0.2) is 94.0 Å². The van der Waals surface area contributed by atoms with Gasteiger partial charge >= 0.3 is 18.4 Å². The molecule has 10 atom stereocenters. The van der Waals surface area contributed by atoms with Crippen molar-refractivity contribution < 1.29 is 46.5 Å². The molecule has 4 aromatic rings. The molecule has 2 unspecified atom stereocenters. The van der Waals surface area contributed by atoms with Crippen LogP contribution in [0.25, 0.3) is 21.5 Å². The van der Waals surface area contributed by atoms with Gasteiger partial charge < -0.3 is 35.5 Å². The molecule has 0 spiro atoms. The second-order valence-electron chi connectivity index (χ2n) is 9.97. The number of aromatic nitrogens is 7. The van der Waals surface area contributed by atoms with Crippen molar-refractivity contribution in [2.24, 2.45) is 0 Å². The highest BCUT2D eigenvalue weighted by Gasteiger charge is 2.53. The van der Waals surface area contributed by atoms with E-state index in [0.29, 0.717) is 11.3 Å². The average molecular weight is 726 g/mol. The number of aliphatic hydroxyl groups is 1. The van der Waals surface area contributed by atoms with E-state index in [4.69, 9.17) is 50.8 Å².